The van der Waals surface area contributed by atoms with E-state index < -0.39 is 11.2 Å². The number of nitrogen functional groups attached to an aromatic ring is 1. The molecule has 0 bridgehead atoms. The zero-order valence-electron chi connectivity index (χ0n) is 12.2. The smallest absolute Gasteiger partial charge is 0.332 e. The van der Waals surface area contributed by atoms with Gasteiger partial charge in [-0.1, -0.05) is 13.0 Å². The summed E-state index contributed by atoms with van der Waals surface area (Å²) in [7, 11) is 1.45. The van der Waals surface area contributed by atoms with Crippen molar-refractivity contribution in [1.82, 2.24) is 14.1 Å². The van der Waals surface area contributed by atoms with Crippen LogP contribution in [0.25, 0.3) is 0 Å². The van der Waals surface area contributed by atoms with Crippen LogP contribution in [0.3, 0.4) is 0 Å². The fourth-order valence-electron chi connectivity index (χ4n) is 2.08. The Hall–Kier alpha value is -2.57. The maximum Gasteiger partial charge on any atom is 0.332 e. The van der Waals surface area contributed by atoms with Gasteiger partial charge in [0.05, 0.1) is 0 Å². The Morgan fingerprint density at radius 2 is 2.14 bits per heavy atom. The van der Waals surface area contributed by atoms with Crippen molar-refractivity contribution in [3.63, 3.8) is 0 Å². The molecule has 21 heavy (non-hydrogen) atoms. The Balaban J connectivity index is 2.39. The number of hydrogen-bond donors (Lipinski definition) is 2. The van der Waals surface area contributed by atoms with Gasteiger partial charge in [-0.3, -0.25) is 18.9 Å². The normalized spacial score (nSPS) is 10.6. The Bertz CT molecular complexity index is 734. The summed E-state index contributed by atoms with van der Waals surface area (Å²) in [6.45, 7) is 2.83. The molecule has 0 fully saturated rings. The molecule has 7 nitrogen and oxygen atoms in total. The molecule has 0 aliphatic carbocycles. The van der Waals surface area contributed by atoms with E-state index >= 15 is 0 Å². The topological polar surface area (TPSA) is 94.9 Å². The molecule has 3 N–H and O–H groups in total. The molecule has 0 unspecified atom stereocenters. The fraction of sp³-hybridized carbons (Fsp3) is 0.357. The number of anilines is 2. The molecule has 0 aromatic carbocycles. The van der Waals surface area contributed by atoms with Gasteiger partial charge in [-0.15, -0.1) is 0 Å². The van der Waals surface area contributed by atoms with Gasteiger partial charge in [0.2, 0.25) is 0 Å². The largest absolute Gasteiger partial charge is 0.383 e. The quantitative estimate of drug-likeness (QED) is 0.838. The SMILES string of the molecule is CCCn1c(N)c(NCc2cccnc2)c(=O)n(C)c1=O. The summed E-state index contributed by atoms with van der Waals surface area (Å²) >= 11 is 0. The molecule has 0 atom stereocenters. The predicted octanol–water partition coefficient (Wildman–Crippen LogP) is 0.546. The van der Waals surface area contributed by atoms with Crippen molar-refractivity contribution < 1.29 is 0 Å². The van der Waals surface area contributed by atoms with Crippen LogP contribution in [-0.2, 0) is 20.1 Å². The first kappa shape index (κ1) is 14.8. The van der Waals surface area contributed by atoms with E-state index in [2.05, 4.69) is 10.3 Å². The van der Waals surface area contributed by atoms with Gasteiger partial charge in [-0.25, -0.2) is 4.79 Å². The highest BCUT2D eigenvalue weighted by Gasteiger charge is 2.14. The first-order valence-corrected chi connectivity index (χ1v) is 6.78. The van der Waals surface area contributed by atoms with Crippen LogP contribution >= 0.6 is 0 Å². The number of nitrogens with zero attached hydrogens (tertiary/aromatic N) is 3. The third kappa shape index (κ3) is 2.96. The molecular weight excluding hydrogens is 270 g/mol. The van der Waals surface area contributed by atoms with Crippen molar-refractivity contribution in [2.45, 2.75) is 26.4 Å². The van der Waals surface area contributed by atoms with Crippen LogP contribution < -0.4 is 22.3 Å². The van der Waals surface area contributed by atoms with E-state index in [4.69, 9.17) is 5.73 Å². The molecule has 2 aromatic rings. The van der Waals surface area contributed by atoms with Gasteiger partial charge in [0, 0.05) is 32.5 Å². The van der Waals surface area contributed by atoms with Crippen LogP contribution in [0.5, 0.6) is 0 Å². The second kappa shape index (κ2) is 6.25. The van der Waals surface area contributed by atoms with Crippen LogP contribution in [0.2, 0.25) is 0 Å². The van der Waals surface area contributed by atoms with Gasteiger partial charge < -0.3 is 11.1 Å². The van der Waals surface area contributed by atoms with Crippen LogP contribution in [0, 0.1) is 0 Å². The molecular formula is C14H19N5O2. The van der Waals surface area contributed by atoms with E-state index in [9.17, 15) is 9.59 Å². The van der Waals surface area contributed by atoms with Crippen LogP contribution in [0.1, 0.15) is 18.9 Å². The van der Waals surface area contributed by atoms with Gasteiger partial charge >= 0.3 is 5.69 Å². The number of pyridine rings is 1. The first-order chi connectivity index (χ1) is 10.1. The Morgan fingerprint density at radius 1 is 1.38 bits per heavy atom. The zero-order chi connectivity index (χ0) is 15.4. The van der Waals surface area contributed by atoms with E-state index in [1.54, 1.807) is 12.4 Å². The number of rotatable bonds is 5. The van der Waals surface area contributed by atoms with Gasteiger partial charge in [-0.05, 0) is 18.1 Å². The van der Waals surface area contributed by atoms with Gasteiger partial charge in [0.25, 0.3) is 5.56 Å². The van der Waals surface area contributed by atoms with E-state index in [1.807, 2.05) is 19.1 Å². The molecule has 0 spiro atoms. The molecule has 0 radical (unpaired) electrons. The monoisotopic (exact) mass is 289 g/mol. The van der Waals surface area contributed by atoms with Crippen molar-refractivity contribution >= 4 is 11.5 Å². The molecule has 2 heterocycles. The van der Waals surface area contributed by atoms with E-state index in [1.165, 1.54) is 11.6 Å². The third-order valence-corrected chi connectivity index (χ3v) is 3.22. The molecule has 0 saturated heterocycles. The Morgan fingerprint density at radius 3 is 2.76 bits per heavy atom. The molecule has 2 aromatic heterocycles. The summed E-state index contributed by atoms with van der Waals surface area (Å²) in [6, 6.07) is 3.71. The lowest BCUT2D eigenvalue weighted by Gasteiger charge is -2.15. The van der Waals surface area contributed by atoms with E-state index in [0.717, 1.165) is 16.6 Å². The lowest BCUT2D eigenvalue weighted by molar-refractivity contribution is 0.600. The van der Waals surface area contributed by atoms with Crippen LogP contribution in [0.15, 0.2) is 34.1 Å². The maximum atomic E-state index is 12.2. The molecule has 0 saturated carbocycles. The lowest BCUT2D eigenvalue weighted by atomic mass is 10.3. The minimum atomic E-state index is -0.422. The molecule has 2 rings (SSSR count). The summed E-state index contributed by atoms with van der Waals surface area (Å²) in [5.74, 6) is 0.175. The molecule has 7 heteroatoms. The number of aromatic nitrogens is 3. The van der Waals surface area contributed by atoms with Gasteiger partial charge in [0.15, 0.2) is 0 Å². The van der Waals surface area contributed by atoms with Crippen molar-refractivity contribution in [2.24, 2.45) is 7.05 Å². The Labute approximate surface area is 122 Å². The van der Waals surface area contributed by atoms with Crippen molar-refractivity contribution in [3.8, 4) is 0 Å². The van der Waals surface area contributed by atoms with E-state index in [0.29, 0.717) is 13.1 Å². The van der Waals surface area contributed by atoms with Crippen LogP contribution in [-0.4, -0.2) is 14.1 Å². The second-order valence-electron chi connectivity index (χ2n) is 4.77. The van der Waals surface area contributed by atoms with Crippen molar-refractivity contribution in [1.29, 1.82) is 0 Å². The summed E-state index contributed by atoms with van der Waals surface area (Å²) < 4.78 is 2.48. The van der Waals surface area contributed by atoms with Crippen LogP contribution in [0.4, 0.5) is 11.5 Å². The molecule has 112 valence electrons. The standard InChI is InChI=1S/C14H19N5O2/c1-3-7-19-12(15)11(13(20)18(2)14(19)21)17-9-10-5-4-6-16-8-10/h4-6,8,17H,3,7,9,15H2,1-2H3. The minimum absolute atomic E-state index is 0.175. The Kier molecular flexibility index (Phi) is 4.42. The number of nitrogens with one attached hydrogen (secondary N) is 1. The summed E-state index contributed by atoms with van der Waals surface area (Å²) in [4.78, 5) is 28.2. The zero-order valence-corrected chi connectivity index (χ0v) is 12.2. The summed E-state index contributed by atoms with van der Waals surface area (Å²) in [6.07, 6.45) is 4.14. The maximum absolute atomic E-state index is 12.2. The highest BCUT2D eigenvalue weighted by molar-refractivity contribution is 5.60. The average molecular weight is 289 g/mol. The van der Waals surface area contributed by atoms with Gasteiger partial charge in [0.1, 0.15) is 11.5 Å². The predicted molar refractivity (Wildman–Crippen MR) is 82.2 cm³/mol. The van der Waals surface area contributed by atoms with E-state index in [-0.39, 0.29) is 11.5 Å². The summed E-state index contributed by atoms with van der Waals surface area (Å²) in [5.41, 5.74) is 6.32. The highest BCUT2D eigenvalue weighted by atomic mass is 16.2. The number of nitrogens with two attached hydrogens (primary N) is 1. The van der Waals surface area contributed by atoms with Gasteiger partial charge in [-0.2, -0.15) is 0 Å². The fourth-order valence-corrected chi connectivity index (χ4v) is 2.08. The third-order valence-electron chi connectivity index (χ3n) is 3.22. The average Bonchev–Trinajstić information content (AvgIpc) is 2.50. The highest BCUT2D eigenvalue weighted by Crippen LogP contribution is 2.12. The van der Waals surface area contributed by atoms with Crippen molar-refractivity contribution in [2.75, 3.05) is 11.1 Å². The molecule has 0 aliphatic rings. The first-order valence-electron chi connectivity index (χ1n) is 6.78. The molecule has 0 aliphatic heterocycles. The second-order valence-corrected chi connectivity index (χ2v) is 4.77. The molecule has 0 amide bonds. The lowest BCUT2D eigenvalue weighted by Crippen LogP contribution is -2.40. The number of hydrogen-bond acceptors (Lipinski definition) is 5. The summed E-state index contributed by atoms with van der Waals surface area (Å²) in [5, 5.41) is 3.01. The minimum Gasteiger partial charge on any atom is -0.383 e. The van der Waals surface area contributed by atoms with Crippen molar-refractivity contribution in [3.05, 3.63) is 50.9 Å².